The van der Waals surface area contributed by atoms with Crippen LogP contribution in [0.5, 0.6) is 11.5 Å². The third kappa shape index (κ3) is 3.43. The Labute approximate surface area is 176 Å². The Morgan fingerprint density at radius 2 is 1.57 bits per heavy atom. The number of anilines is 1. The Bertz CT molecular complexity index is 992. The lowest BCUT2D eigenvalue weighted by Crippen LogP contribution is -2.34. The molecule has 0 bridgehead atoms. The van der Waals surface area contributed by atoms with Crippen LogP contribution in [0.2, 0.25) is 0 Å². The van der Waals surface area contributed by atoms with Gasteiger partial charge in [0.1, 0.15) is 17.2 Å². The van der Waals surface area contributed by atoms with Crippen molar-refractivity contribution in [3.05, 3.63) is 59.8 Å². The van der Waals surface area contributed by atoms with Crippen molar-refractivity contribution in [2.75, 3.05) is 31.7 Å². The van der Waals surface area contributed by atoms with E-state index in [0.29, 0.717) is 40.6 Å². The Hall–Kier alpha value is -3.28. The second-order valence-corrected chi connectivity index (χ2v) is 7.38. The molecule has 1 saturated heterocycles. The van der Waals surface area contributed by atoms with E-state index in [1.54, 1.807) is 19.2 Å². The van der Waals surface area contributed by atoms with E-state index in [1.807, 2.05) is 48.2 Å². The van der Waals surface area contributed by atoms with Gasteiger partial charge in [0.15, 0.2) is 0 Å². The first kappa shape index (κ1) is 20.0. The standard InChI is InChI=1S/C24H26N2O4/c1-3-16-30-20-13-7-5-11-18(20)26-23(27)21(17-10-4-6-12-19(17)29-2)22(24(26)28)25-14-8-9-15-25/h4-7,10-13H,3,8-9,14-16H2,1-2H3. The third-order valence-corrected chi connectivity index (χ3v) is 5.43. The van der Waals surface area contributed by atoms with Gasteiger partial charge in [-0.25, -0.2) is 4.90 Å². The van der Waals surface area contributed by atoms with E-state index in [1.165, 1.54) is 4.90 Å². The van der Waals surface area contributed by atoms with Crippen molar-refractivity contribution in [3.63, 3.8) is 0 Å². The number of imide groups is 1. The predicted molar refractivity (Wildman–Crippen MR) is 115 cm³/mol. The minimum Gasteiger partial charge on any atom is -0.496 e. The maximum absolute atomic E-state index is 13.7. The lowest BCUT2D eigenvalue weighted by atomic mass is 10.0. The number of methoxy groups -OCH3 is 1. The quantitative estimate of drug-likeness (QED) is 0.654. The molecule has 4 rings (SSSR count). The lowest BCUT2D eigenvalue weighted by molar-refractivity contribution is -0.120. The number of rotatable bonds is 7. The molecular weight excluding hydrogens is 380 g/mol. The number of carbonyl (C=O) groups is 2. The van der Waals surface area contributed by atoms with E-state index in [9.17, 15) is 9.59 Å². The first-order valence-corrected chi connectivity index (χ1v) is 10.4. The van der Waals surface area contributed by atoms with Crippen molar-refractivity contribution in [1.82, 2.24) is 4.90 Å². The fourth-order valence-corrected chi connectivity index (χ4v) is 4.04. The Morgan fingerprint density at radius 3 is 2.27 bits per heavy atom. The molecule has 0 radical (unpaired) electrons. The van der Waals surface area contributed by atoms with Crippen molar-refractivity contribution >= 4 is 23.1 Å². The number of para-hydroxylation sites is 3. The van der Waals surface area contributed by atoms with Crippen molar-refractivity contribution in [2.45, 2.75) is 26.2 Å². The SMILES string of the molecule is CCCOc1ccccc1N1C(=O)C(c2ccccc2OC)=C(N2CCCC2)C1=O. The van der Waals surface area contributed by atoms with Crippen LogP contribution in [0.4, 0.5) is 5.69 Å². The lowest BCUT2D eigenvalue weighted by Gasteiger charge is -2.21. The van der Waals surface area contributed by atoms with Crippen LogP contribution in [0.1, 0.15) is 31.7 Å². The summed E-state index contributed by atoms with van der Waals surface area (Å²) >= 11 is 0. The normalized spacial score (nSPS) is 16.6. The summed E-state index contributed by atoms with van der Waals surface area (Å²) in [5.74, 6) is 0.445. The van der Waals surface area contributed by atoms with E-state index in [0.717, 1.165) is 32.4 Å². The average molecular weight is 406 g/mol. The van der Waals surface area contributed by atoms with Gasteiger partial charge in [-0.05, 0) is 37.5 Å². The highest BCUT2D eigenvalue weighted by molar-refractivity contribution is 6.46. The fraction of sp³-hybridized carbons (Fsp3) is 0.333. The molecule has 156 valence electrons. The number of ether oxygens (including phenoxy) is 2. The monoisotopic (exact) mass is 406 g/mol. The maximum Gasteiger partial charge on any atom is 0.282 e. The summed E-state index contributed by atoms with van der Waals surface area (Å²) < 4.78 is 11.3. The van der Waals surface area contributed by atoms with E-state index in [4.69, 9.17) is 9.47 Å². The summed E-state index contributed by atoms with van der Waals surface area (Å²) in [6.07, 6.45) is 2.83. The van der Waals surface area contributed by atoms with E-state index < -0.39 is 0 Å². The van der Waals surface area contributed by atoms with Gasteiger partial charge < -0.3 is 14.4 Å². The largest absolute Gasteiger partial charge is 0.496 e. The van der Waals surface area contributed by atoms with Gasteiger partial charge in [0.05, 0.1) is 25.0 Å². The number of hydrogen-bond acceptors (Lipinski definition) is 5. The van der Waals surface area contributed by atoms with E-state index >= 15 is 0 Å². The fourth-order valence-electron chi connectivity index (χ4n) is 4.04. The van der Waals surface area contributed by atoms with Crippen LogP contribution in [-0.4, -0.2) is 43.5 Å². The van der Waals surface area contributed by atoms with E-state index in [2.05, 4.69) is 0 Å². The third-order valence-electron chi connectivity index (χ3n) is 5.43. The number of amides is 2. The van der Waals surface area contributed by atoms with Crippen molar-refractivity contribution in [2.24, 2.45) is 0 Å². The minimum atomic E-state index is -0.348. The van der Waals surface area contributed by atoms with Crippen LogP contribution in [0.25, 0.3) is 5.57 Å². The summed E-state index contributed by atoms with van der Waals surface area (Å²) in [6.45, 7) is 4.05. The zero-order chi connectivity index (χ0) is 21.1. The molecule has 2 aliphatic rings. The summed E-state index contributed by atoms with van der Waals surface area (Å²) in [4.78, 5) is 30.6. The van der Waals surface area contributed by atoms with Crippen molar-refractivity contribution in [1.29, 1.82) is 0 Å². The minimum absolute atomic E-state index is 0.310. The molecule has 0 saturated carbocycles. The zero-order valence-corrected chi connectivity index (χ0v) is 17.4. The topological polar surface area (TPSA) is 59.1 Å². The number of likely N-dealkylation sites (tertiary alicyclic amines) is 1. The highest BCUT2D eigenvalue weighted by Gasteiger charge is 2.44. The molecule has 2 aliphatic heterocycles. The molecule has 2 amide bonds. The summed E-state index contributed by atoms with van der Waals surface area (Å²) in [5.41, 5.74) is 1.95. The summed E-state index contributed by atoms with van der Waals surface area (Å²) in [7, 11) is 1.57. The molecule has 0 aliphatic carbocycles. The second kappa shape index (κ2) is 8.61. The Morgan fingerprint density at radius 1 is 0.900 bits per heavy atom. The number of nitrogens with zero attached hydrogens (tertiary/aromatic N) is 2. The van der Waals surface area contributed by atoms with Gasteiger partial charge >= 0.3 is 0 Å². The first-order chi connectivity index (χ1) is 14.7. The molecular formula is C24H26N2O4. The van der Waals surface area contributed by atoms with Crippen LogP contribution in [0, 0.1) is 0 Å². The van der Waals surface area contributed by atoms with Gasteiger partial charge in [-0.1, -0.05) is 37.3 Å². The molecule has 1 fully saturated rings. The predicted octanol–water partition coefficient (Wildman–Crippen LogP) is 3.86. The van der Waals surface area contributed by atoms with Crippen LogP contribution >= 0.6 is 0 Å². The highest BCUT2D eigenvalue weighted by Crippen LogP contribution is 2.41. The van der Waals surface area contributed by atoms with Gasteiger partial charge in [0, 0.05) is 18.7 Å². The second-order valence-electron chi connectivity index (χ2n) is 7.38. The van der Waals surface area contributed by atoms with Crippen LogP contribution in [0.3, 0.4) is 0 Å². The summed E-state index contributed by atoms with van der Waals surface area (Å²) in [6, 6.07) is 14.5. The molecule has 0 unspecified atom stereocenters. The van der Waals surface area contributed by atoms with E-state index in [-0.39, 0.29) is 11.8 Å². The molecule has 2 heterocycles. The molecule has 6 heteroatoms. The highest BCUT2D eigenvalue weighted by atomic mass is 16.5. The van der Waals surface area contributed by atoms with Gasteiger partial charge in [-0.2, -0.15) is 0 Å². The van der Waals surface area contributed by atoms with Gasteiger partial charge in [-0.15, -0.1) is 0 Å². The van der Waals surface area contributed by atoms with Crippen LogP contribution < -0.4 is 14.4 Å². The molecule has 0 spiro atoms. The van der Waals surface area contributed by atoms with Gasteiger partial charge in [0.25, 0.3) is 11.8 Å². The van der Waals surface area contributed by atoms with Gasteiger partial charge in [-0.3, -0.25) is 9.59 Å². The number of benzene rings is 2. The zero-order valence-electron chi connectivity index (χ0n) is 17.4. The van der Waals surface area contributed by atoms with Crippen LogP contribution in [-0.2, 0) is 9.59 Å². The molecule has 30 heavy (non-hydrogen) atoms. The van der Waals surface area contributed by atoms with Crippen molar-refractivity contribution < 1.29 is 19.1 Å². The van der Waals surface area contributed by atoms with Crippen molar-refractivity contribution in [3.8, 4) is 11.5 Å². The molecule has 2 aromatic carbocycles. The maximum atomic E-state index is 13.7. The first-order valence-electron chi connectivity index (χ1n) is 10.4. The molecule has 6 nitrogen and oxygen atoms in total. The molecule has 0 N–H and O–H groups in total. The average Bonchev–Trinajstić information content (AvgIpc) is 3.38. The molecule has 0 atom stereocenters. The Kier molecular flexibility index (Phi) is 5.74. The van der Waals surface area contributed by atoms with Gasteiger partial charge in [0.2, 0.25) is 0 Å². The number of hydrogen-bond donors (Lipinski definition) is 0. The summed E-state index contributed by atoms with van der Waals surface area (Å²) in [5, 5.41) is 0. The smallest absolute Gasteiger partial charge is 0.282 e. The number of carbonyl (C=O) groups excluding carboxylic acids is 2. The Balaban J connectivity index is 1.84. The van der Waals surface area contributed by atoms with Crippen LogP contribution in [0.15, 0.2) is 54.2 Å². The molecule has 0 aromatic heterocycles. The molecule has 2 aromatic rings.